The molecule has 2 rings (SSSR count). The summed E-state index contributed by atoms with van der Waals surface area (Å²) in [6.45, 7) is 1.79. The van der Waals surface area contributed by atoms with E-state index in [-0.39, 0.29) is 18.0 Å². The molecule has 2 aromatic rings. The van der Waals surface area contributed by atoms with E-state index >= 15 is 0 Å². The zero-order valence-corrected chi connectivity index (χ0v) is 11.0. The van der Waals surface area contributed by atoms with Crippen molar-refractivity contribution in [1.29, 1.82) is 0 Å². The van der Waals surface area contributed by atoms with Crippen LogP contribution in [-0.2, 0) is 11.2 Å². The predicted molar refractivity (Wildman–Crippen MR) is 74.1 cm³/mol. The summed E-state index contributed by atoms with van der Waals surface area (Å²) < 4.78 is 0. The molecule has 1 heterocycles. The van der Waals surface area contributed by atoms with Crippen LogP contribution in [0.2, 0.25) is 0 Å². The Morgan fingerprint density at radius 2 is 1.95 bits per heavy atom. The van der Waals surface area contributed by atoms with Gasteiger partial charge in [-0.15, -0.1) is 0 Å². The lowest BCUT2D eigenvalue weighted by Crippen LogP contribution is -2.18. The molecule has 1 aromatic heterocycles. The first-order valence-corrected chi connectivity index (χ1v) is 6.02. The molecule has 0 bridgehead atoms. The summed E-state index contributed by atoms with van der Waals surface area (Å²) in [6.07, 6.45) is 2.99. The molecule has 3 N–H and O–H groups in total. The maximum atomic E-state index is 12.0. The van der Waals surface area contributed by atoms with E-state index in [0.717, 1.165) is 5.69 Å². The Labute approximate surface area is 116 Å². The van der Waals surface area contributed by atoms with Crippen molar-refractivity contribution in [2.75, 3.05) is 5.32 Å². The average Bonchev–Trinajstić information content (AvgIpc) is 2.41. The number of aromatic nitrogens is 2. The lowest BCUT2D eigenvalue weighted by atomic mass is 10.1. The Kier molecular flexibility index (Phi) is 4.05. The van der Waals surface area contributed by atoms with Crippen LogP contribution in [0, 0.1) is 6.92 Å². The largest absolute Gasteiger partial charge is 0.369 e. The van der Waals surface area contributed by atoms with Crippen LogP contribution in [0.1, 0.15) is 21.7 Å². The number of aryl methyl sites for hydroxylation is 1. The maximum Gasteiger partial charge on any atom is 0.275 e. The number of nitrogens with two attached hydrogens (primary N) is 1. The van der Waals surface area contributed by atoms with E-state index in [4.69, 9.17) is 5.73 Å². The molecule has 0 saturated carbocycles. The summed E-state index contributed by atoms with van der Waals surface area (Å²) in [7, 11) is 0. The van der Waals surface area contributed by atoms with Gasteiger partial charge in [-0.2, -0.15) is 0 Å². The molecule has 0 radical (unpaired) electrons. The maximum absolute atomic E-state index is 12.0. The van der Waals surface area contributed by atoms with Gasteiger partial charge in [0.25, 0.3) is 5.91 Å². The van der Waals surface area contributed by atoms with Gasteiger partial charge in [-0.3, -0.25) is 14.6 Å². The molecule has 0 unspecified atom stereocenters. The van der Waals surface area contributed by atoms with Crippen molar-refractivity contribution in [3.63, 3.8) is 0 Å². The van der Waals surface area contributed by atoms with Gasteiger partial charge >= 0.3 is 0 Å². The third kappa shape index (κ3) is 3.38. The summed E-state index contributed by atoms with van der Waals surface area (Å²) in [5.41, 5.74) is 7.32. The highest BCUT2D eigenvalue weighted by Gasteiger charge is 2.11. The third-order valence-electron chi connectivity index (χ3n) is 2.64. The first kappa shape index (κ1) is 13.7. The van der Waals surface area contributed by atoms with Crippen molar-refractivity contribution in [2.24, 2.45) is 5.73 Å². The minimum atomic E-state index is -0.457. The minimum Gasteiger partial charge on any atom is -0.369 e. The Morgan fingerprint density at radius 1 is 1.20 bits per heavy atom. The standard InChI is InChI=1S/C14H14N4O2/c1-9-7-17-12(8-16-9)14(20)18-11-5-3-2-4-10(11)6-13(15)19/h2-5,7-8H,6H2,1H3,(H2,15,19)(H,18,20). The molecular formula is C14H14N4O2. The van der Waals surface area contributed by atoms with Gasteiger partial charge < -0.3 is 11.1 Å². The number of primary amides is 1. The lowest BCUT2D eigenvalue weighted by molar-refractivity contribution is -0.117. The van der Waals surface area contributed by atoms with Gasteiger partial charge in [0.15, 0.2) is 0 Å². The molecule has 0 aliphatic carbocycles. The second kappa shape index (κ2) is 5.92. The zero-order chi connectivity index (χ0) is 14.5. The third-order valence-corrected chi connectivity index (χ3v) is 2.64. The highest BCUT2D eigenvalue weighted by molar-refractivity contribution is 6.03. The Hall–Kier alpha value is -2.76. The molecule has 6 heteroatoms. The van der Waals surface area contributed by atoms with Gasteiger partial charge in [0.2, 0.25) is 5.91 Å². The van der Waals surface area contributed by atoms with Crippen LogP contribution in [0.5, 0.6) is 0 Å². The number of hydrogen-bond donors (Lipinski definition) is 2. The Balaban J connectivity index is 2.19. The van der Waals surface area contributed by atoms with Crippen LogP contribution < -0.4 is 11.1 Å². The van der Waals surface area contributed by atoms with Gasteiger partial charge in [-0.25, -0.2) is 4.98 Å². The normalized spacial score (nSPS) is 10.1. The van der Waals surface area contributed by atoms with Gasteiger partial charge in [0.1, 0.15) is 5.69 Å². The van der Waals surface area contributed by atoms with Crippen LogP contribution in [0.25, 0.3) is 0 Å². The fourth-order valence-electron chi connectivity index (χ4n) is 1.68. The summed E-state index contributed by atoms with van der Waals surface area (Å²) in [4.78, 5) is 31.0. The van der Waals surface area contributed by atoms with Crippen molar-refractivity contribution < 1.29 is 9.59 Å². The van der Waals surface area contributed by atoms with E-state index in [1.807, 2.05) is 0 Å². The molecule has 0 saturated heterocycles. The van der Waals surface area contributed by atoms with Crippen molar-refractivity contribution in [3.8, 4) is 0 Å². The summed E-state index contributed by atoms with van der Waals surface area (Å²) in [5, 5.41) is 2.70. The fourth-order valence-corrected chi connectivity index (χ4v) is 1.68. The number of hydrogen-bond acceptors (Lipinski definition) is 4. The molecular weight excluding hydrogens is 256 g/mol. The van der Waals surface area contributed by atoms with E-state index in [9.17, 15) is 9.59 Å². The highest BCUT2D eigenvalue weighted by atomic mass is 16.2. The molecule has 0 atom stereocenters. The molecule has 0 fully saturated rings. The number of benzene rings is 1. The molecule has 2 amide bonds. The highest BCUT2D eigenvalue weighted by Crippen LogP contribution is 2.16. The topological polar surface area (TPSA) is 98.0 Å². The molecule has 6 nitrogen and oxygen atoms in total. The second-order valence-electron chi connectivity index (χ2n) is 4.30. The van der Waals surface area contributed by atoms with Crippen molar-refractivity contribution in [1.82, 2.24) is 9.97 Å². The number of nitrogens with one attached hydrogen (secondary N) is 1. The smallest absolute Gasteiger partial charge is 0.275 e. The lowest BCUT2D eigenvalue weighted by Gasteiger charge is -2.09. The van der Waals surface area contributed by atoms with Crippen molar-refractivity contribution in [3.05, 3.63) is 53.6 Å². The van der Waals surface area contributed by atoms with E-state index in [1.54, 1.807) is 31.2 Å². The van der Waals surface area contributed by atoms with Crippen molar-refractivity contribution in [2.45, 2.75) is 13.3 Å². The predicted octanol–water partition coefficient (Wildman–Crippen LogP) is 1.07. The second-order valence-corrected chi connectivity index (χ2v) is 4.30. The van der Waals surface area contributed by atoms with Gasteiger partial charge in [-0.1, -0.05) is 18.2 Å². The number of amides is 2. The summed E-state index contributed by atoms with van der Waals surface area (Å²) in [6, 6.07) is 6.99. The monoisotopic (exact) mass is 270 g/mol. The summed E-state index contributed by atoms with van der Waals surface area (Å²) in [5.74, 6) is -0.837. The quantitative estimate of drug-likeness (QED) is 0.868. The molecule has 102 valence electrons. The van der Waals surface area contributed by atoms with Crippen LogP contribution in [0.3, 0.4) is 0 Å². The van der Waals surface area contributed by atoms with Gasteiger partial charge in [-0.05, 0) is 18.6 Å². The van der Waals surface area contributed by atoms with E-state index < -0.39 is 5.91 Å². The molecule has 20 heavy (non-hydrogen) atoms. The summed E-state index contributed by atoms with van der Waals surface area (Å²) >= 11 is 0. The van der Waals surface area contributed by atoms with Crippen LogP contribution >= 0.6 is 0 Å². The number of para-hydroxylation sites is 1. The molecule has 1 aromatic carbocycles. The Morgan fingerprint density at radius 3 is 2.60 bits per heavy atom. The van der Waals surface area contributed by atoms with Gasteiger partial charge in [0, 0.05) is 11.9 Å². The zero-order valence-electron chi connectivity index (χ0n) is 11.0. The van der Waals surface area contributed by atoms with Crippen molar-refractivity contribution >= 4 is 17.5 Å². The number of nitrogens with zero attached hydrogens (tertiary/aromatic N) is 2. The van der Waals surface area contributed by atoms with E-state index in [0.29, 0.717) is 11.3 Å². The van der Waals surface area contributed by atoms with E-state index in [1.165, 1.54) is 12.4 Å². The average molecular weight is 270 g/mol. The van der Waals surface area contributed by atoms with Crippen LogP contribution in [0.15, 0.2) is 36.7 Å². The fraction of sp³-hybridized carbons (Fsp3) is 0.143. The number of anilines is 1. The SMILES string of the molecule is Cc1cnc(C(=O)Nc2ccccc2CC(N)=O)cn1. The number of rotatable bonds is 4. The Bertz CT molecular complexity index is 638. The first-order chi connectivity index (χ1) is 9.56. The van der Waals surface area contributed by atoms with E-state index in [2.05, 4.69) is 15.3 Å². The number of carbonyl (C=O) groups excluding carboxylic acids is 2. The number of carbonyl (C=O) groups is 2. The molecule has 0 spiro atoms. The molecule has 0 aliphatic heterocycles. The minimum absolute atomic E-state index is 0.0655. The first-order valence-electron chi connectivity index (χ1n) is 6.02. The van der Waals surface area contributed by atoms with Crippen LogP contribution in [-0.4, -0.2) is 21.8 Å². The van der Waals surface area contributed by atoms with Gasteiger partial charge in [0.05, 0.1) is 18.3 Å². The molecule has 0 aliphatic rings. The van der Waals surface area contributed by atoms with Crippen LogP contribution in [0.4, 0.5) is 5.69 Å².